The number of rotatable bonds is 14. The Kier molecular flexibility index (Phi) is 9.45. The second-order valence-electron chi connectivity index (χ2n) is 8.45. The average Bonchev–Trinajstić information content (AvgIpc) is 2.79. The molecule has 0 aliphatic carbocycles. The first-order valence-corrected chi connectivity index (χ1v) is 12.1. The third-order valence-corrected chi connectivity index (χ3v) is 5.91. The Morgan fingerprint density at radius 3 is 1.94 bits per heavy atom. The summed E-state index contributed by atoms with van der Waals surface area (Å²) in [4.78, 5) is 0. The predicted octanol–water partition coefficient (Wildman–Crippen LogP) is 8.83. The maximum Gasteiger partial charge on any atom is 0.172 e. The monoisotopic (exact) mass is 424 g/mol. The van der Waals surface area contributed by atoms with Gasteiger partial charge in [-0.25, -0.2) is 4.39 Å². The topological polar surface area (TPSA) is 18.5 Å². The SMILES string of the molecule is CCCCCCCOc1ccc2c(ccc3c(F)c(OCCCCCCC)ccc32)c1. The summed E-state index contributed by atoms with van der Waals surface area (Å²) in [6.07, 6.45) is 11.9. The van der Waals surface area contributed by atoms with E-state index < -0.39 is 0 Å². The van der Waals surface area contributed by atoms with E-state index in [1.54, 1.807) is 6.07 Å². The molecule has 3 aromatic carbocycles. The van der Waals surface area contributed by atoms with Crippen LogP contribution in [0.1, 0.15) is 78.1 Å². The zero-order chi connectivity index (χ0) is 21.9. The van der Waals surface area contributed by atoms with Crippen LogP contribution >= 0.6 is 0 Å². The van der Waals surface area contributed by atoms with Crippen LogP contribution < -0.4 is 9.47 Å². The van der Waals surface area contributed by atoms with Crippen LogP contribution in [0, 0.1) is 5.82 Å². The van der Waals surface area contributed by atoms with Gasteiger partial charge in [-0.2, -0.15) is 0 Å². The van der Waals surface area contributed by atoms with Crippen molar-refractivity contribution in [2.24, 2.45) is 0 Å². The van der Waals surface area contributed by atoms with Crippen LogP contribution in [-0.2, 0) is 0 Å². The summed E-state index contributed by atoms with van der Waals surface area (Å²) in [6, 6.07) is 13.7. The number of hydrogen-bond donors (Lipinski definition) is 0. The van der Waals surface area contributed by atoms with Crippen LogP contribution in [0.5, 0.6) is 11.5 Å². The minimum Gasteiger partial charge on any atom is -0.494 e. The second kappa shape index (κ2) is 12.5. The van der Waals surface area contributed by atoms with E-state index >= 15 is 4.39 Å². The van der Waals surface area contributed by atoms with Crippen molar-refractivity contribution in [2.45, 2.75) is 78.1 Å². The molecule has 0 saturated carbocycles. The molecule has 0 N–H and O–H groups in total. The lowest BCUT2D eigenvalue weighted by Gasteiger charge is -2.12. The molecule has 0 amide bonds. The van der Waals surface area contributed by atoms with Crippen molar-refractivity contribution in [1.82, 2.24) is 0 Å². The van der Waals surface area contributed by atoms with Gasteiger partial charge in [0.15, 0.2) is 11.6 Å². The fourth-order valence-electron chi connectivity index (χ4n) is 4.05. The van der Waals surface area contributed by atoms with Crippen LogP contribution in [-0.4, -0.2) is 13.2 Å². The van der Waals surface area contributed by atoms with Crippen molar-refractivity contribution in [1.29, 1.82) is 0 Å². The quantitative estimate of drug-likeness (QED) is 0.190. The summed E-state index contributed by atoms with van der Waals surface area (Å²) in [5, 5.41) is 3.63. The molecule has 0 saturated heterocycles. The van der Waals surface area contributed by atoms with E-state index in [9.17, 15) is 0 Å². The summed E-state index contributed by atoms with van der Waals surface area (Å²) < 4.78 is 26.7. The van der Waals surface area contributed by atoms with E-state index in [1.165, 1.54) is 44.9 Å². The molecule has 2 nitrogen and oxygen atoms in total. The molecule has 3 heteroatoms. The Labute approximate surface area is 186 Å². The lowest BCUT2D eigenvalue weighted by atomic mass is 10.0. The van der Waals surface area contributed by atoms with Crippen molar-refractivity contribution in [3.63, 3.8) is 0 Å². The van der Waals surface area contributed by atoms with Crippen LogP contribution in [0.3, 0.4) is 0 Å². The molecule has 3 aromatic rings. The van der Waals surface area contributed by atoms with Gasteiger partial charge in [0.2, 0.25) is 0 Å². The van der Waals surface area contributed by atoms with E-state index in [0.717, 1.165) is 47.8 Å². The zero-order valence-corrected chi connectivity index (χ0v) is 19.2. The van der Waals surface area contributed by atoms with E-state index in [1.807, 2.05) is 30.3 Å². The molecule has 31 heavy (non-hydrogen) atoms. The summed E-state index contributed by atoms with van der Waals surface area (Å²) in [6.45, 7) is 5.74. The molecule has 0 fully saturated rings. The molecule has 0 bridgehead atoms. The minimum absolute atomic E-state index is 0.264. The maximum atomic E-state index is 15.1. The zero-order valence-electron chi connectivity index (χ0n) is 19.2. The van der Waals surface area contributed by atoms with E-state index in [4.69, 9.17) is 9.47 Å². The van der Waals surface area contributed by atoms with Crippen LogP contribution in [0.4, 0.5) is 4.39 Å². The van der Waals surface area contributed by atoms with E-state index in [-0.39, 0.29) is 5.82 Å². The molecule has 168 valence electrons. The molecule has 0 atom stereocenters. The van der Waals surface area contributed by atoms with Gasteiger partial charge in [-0.05, 0) is 53.3 Å². The van der Waals surface area contributed by atoms with Crippen LogP contribution in [0.25, 0.3) is 21.5 Å². The largest absolute Gasteiger partial charge is 0.494 e. The molecule has 0 unspecified atom stereocenters. The smallest absolute Gasteiger partial charge is 0.172 e. The average molecular weight is 425 g/mol. The number of unbranched alkanes of at least 4 members (excludes halogenated alkanes) is 8. The standard InChI is InChI=1S/C28H37FO2/c1-3-5-7-9-11-19-30-23-14-16-24-22(21-23)13-15-26-25(24)17-18-27(28(26)29)31-20-12-10-8-6-4-2/h13-18,21H,3-12,19-20H2,1-2H3. The Bertz CT molecular complexity index is 951. The lowest BCUT2D eigenvalue weighted by Crippen LogP contribution is -2.00. The fourth-order valence-corrected chi connectivity index (χ4v) is 4.05. The molecule has 0 spiro atoms. The molecular weight excluding hydrogens is 387 g/mol. The van der Waals surface area contributed by atoms with Gasteiger partial charge in [0.1, 0.15) is 5.75 Å². The lowest BCUT2D eigenvalue weighted by molar-refractivity contribution is 0.291. The highest BCUT2D eigenvalue weighted by atomic mass is 19.1. The number of fused-ring (bicyclic) bond motifs is 3. The van der Waals surface area contributed by atoms with Crippen molar-refractivity contribution < 1.29 is 13.9 Å². The van der Waals surface area contributed by atoms with Gasteiger partial charge >= 0.3 is 0 Å². The predicted molar refractivity (Wildman–Crippen MR) is 130 cm³/mol. The maximum absolute atomic E-state index is 15.1. The van der Waals surface area contributed by atoms with E-state index in [0.29, 0.717) is 17.7 Å². The van der Waals surface area contributed by atoms with Crippen molar-refractivity contribution in [3.05, 3.63) is 48.3 Å². The normalized spacial score (nSPS) is 11.3. The Morgan fingerprint density at radius 1 is 0.613 bits per heavy atom. The summed E-state index contributed by atoms with van der Waals surface area (Å²) in [5.41, 5.74) is 0. The number of benzene rings is 3. The third kappa shape index (κ3) is 6.59. The van der Waals surface area contributed by atoms with Gasteiger partial charge in [-0.15, -0.1) is 0 Å². The summed E-state index contributed by atoms with van der Waals surface area (Å²) >= 11 is 0. The Morgan fingerprint density at radius 2 is 1.23 bits per heavy atom. The highest BCUT2D eigenvalue weighted by Crippen LogP contribution is 2.33. The fraction of sp³-hybridized carbons (Fsp3) is 0.500. The molecule has 0 heterocycles. The number of halogens is 1. The highest BCUT2D eigenvalue weighted by molar-refractivity contribution is 6.08. The molecule has 0 aromatic heterocycles. The third-order valence-electron chi connectivity index (χ3n) is 5.91. The second-order valence-corrected chi connectivity index (χ2v) is 8.45. The summed E-state index contributed by atoms with van der Waals surface area (Å²) in [7, 11) is 0. The minimum atomic E-state index is -0.264. The highest BCUT2D eigenvalue weighted by Gasteiger charge is 2.11. The van der Waals surface area contributed by atoms with E-state index in [2.05, 4.69) is 19.9 Å². The number of ether oxygens (including phenoxy) is 2. The Balaban J connectivity index is 1.64. The van der Waals surface area contributed by atoms with Crippen molar-refractivity contribution in [2.75, 3.05) is 13.2 Å². The molecule has 3 rings (SSSR count). The van der Waals surface area contributed by atoms with Gasteiger partial charge in [0.25, 0.3) is 0 Å². The van der Waals surface area contributed by atoms with Gasteiger partial charge in [-0.1, -0.05) is 83.4 Å². The molecular formula is C28H37FO2. The first kappa shape index (κ1) is 23.4. The Hall–Kier alpha value is -2.29. The first-order valence-electron chi connectivity index (χ1n) is 12.1. The van der Waals surface area contributed by atoms with Crippen molar-refractivity contribution in [3.8, 4) is 11.5 Å². The molecule has 0 radical (unpaired) electrons. The van der Waals surface area contributed by atoms with Gasteiger partial charge in [-0.3, -0.25) is 0 Å². The van der Waals surface area contributed by atoms with Gasteiger partial charge in [0.05, 0.1) is 13.2 Å². The van der Waals surface area contributed by atoms with Crippen LogP contribution in [0.15, 0.2) is 42.5 Å². The molecule has 0 aliphatic rings. The van der Waals surface area contributed by atoms with Gasteiger partial charge < -0.3 is 9.47 Å². The van der Waals surface area contributed by atoms with Crippen LogP contribution in [0.2, 0.25) is 0 Å². The number of hydrogen-bond acceptors (Lipinski definition) is 2. The van der Waals surface area contributed by atoms with Crippen molar-refractivity contribution >= 4 is 21.5 Å². The first-order chi connectivity index (χ1) is 15.2. The van der Waals surface area contributed by atoms with Gasteiger partial charge in [0, 0.05) is 5.39 Å². The summed E-state index contributed by atoms with van der Waals surface area (Å²) in [5.74, 6) is 0.969. The molecule has 0 aliphatic heterocycles.